The van der Waals surface area contributed by atoms with Crippen molar-refractivity contribution in [3.05, 3.63) is 70.5 Å². The summed E-state index contributed by atoms with van der Waals surface area (Å²) in [6, 6.07) is 15.7. The van der Waals surface area contributed by atoms with Crippen molar-refractivity contribution in [3.63, 3.8) is 0 Å². The summed E-state index contributed by atoms with van der Waals surface area (Å²) in [6.07, 6.45) is 0.553. The Morgan fingerprint density at radius 3 is 2.50 bits per heavy atom. The highest BCUT2D eigenvalue weighted by Gasteiger charge is 2.12. The smallest absolute Gasteiger partial charge is 0.123 e. The van der Waals surface area contributed by atoms with Crippen molar-refractivity contribution < 1.29 is 4.39 Å². The minimum absolute atomic E-state index is 0.316. The number of rotatable bonds is 3. The minimum atomic E-state index is -0.345. The second-order valence-electron chi connectivity index (χ2n) is 4.07. The molecule has 0 amide bonds. The van der Waals surface area contributed by atoms with E-state index in [0.717, 1.165) is 5.56 Å². The van der Waals surface area contributed by atoms with Gasteiger partial charge in [-0.2, -0.15) is 5.26 Å². The van der Waals surface area contributed by atoms with Crippen LogP contribution in [0.5, 0.6) is 0 Å². The number of hydrogen-bond donors (Lipinski definition) is 0. The Labute approximate surface area is 110 Å². The molecule has 0 N–H and O–H groups in total. The van der Waals surface area contributed by atoms with Crippen molar-refractivity contribution in [2.24, 2.45) is 0 Å². The van der Waals surface area contributed by atoms with Gasteiger partial charge in [0.1, 0.15) is 5.82 Å². The van der Waals surface area contributed by atoms with E-state index in [4.69, 9.17) is 11.6 Å². The largest absolute Gasteiger partial charge is 0.207 e. The van der Waals surface area contributed by atoms with Crippen LogP contribution in [0.15, 0.2) is 48.5 Å². The first-order valence-corrected chi connectivity index (χ1v) is 5.96. The fraction of sp³-hybridized carbons (Fsp3) is 0.133. The zero-order valence-electron chi connectivity index (χ0n) is 9.61. The van der Waals surface area contributed by atoms with Crippen LogP contribution in [0, 0.1) is 17.1 Å². The second-order valence-corrected chi connectivity index (χ2v) is 4.50. The summed E-state index contributed by atoms with van der Waals surface area (Å²) < 4.78 is 13.1. The van der Waals surface area contributed by atoms with E-state index < -0.39 is 0 Å². The minimum Gasteiger partial charge on any atom is -0.207 e. The van der Waals surface area contributed by atoms with Crippen LogP contribution in [-0.4, -0.2) is 0 Å². The maximum atomic E-state index is 13.1. The normalized spacial score (nSPS) is 11.8. The summed E-state index contributed by atoms with van der Waals surface area (Å²) in [5, 5.41) is 9.85. The molecule has 0 radical (unpaired) electrons. The molecule has 18 heavy (non-hydrogen) atoms. The first-order chi connectivity index (χ1) is 8.69. The molecule has 0 bridgehead atoms. The Morgan fingerprint density at radius 2 is 1.89 bits per heavy atom. The molecule has 2 rings (SSSR count). The average Bonchev–Trinajstić information content (AvgIpc) is 2.38. The molecule has 0 saturated carbocycles. The molecule has 0 aliphatic heterocycles. The maximum Gasteiger partial charge on any atom is 0.123 e. The molecule has 0 aliphatic carbocycles. The lowest BCUT2D eigenvalue weighted by Crippen LogP contribution is -2.00. The molecular weight excluding hydrogens is 249 g/mol. The summed E-state index contributed by atoms with van der Waals surface area (Å²) in [5.41, 5.74) is 1.71. The summed E-state index contributed by atoms with van der Waals surface area (Å²) in [5.74, 6) is -0.661. The molecule has 1 atom stereocenters. The van der Waals surface area contributed by atoms with E-state index in [-0.39, 0.29) is 11.7 Å². The Bertz CT molecular complexity index is 572. The van der Waals surface area contributed by atoms with E-state index in [1.165, 1.54) is 12.1 Å². The Balaban J connectivity index is 2.20. The quantitative estimate of drug-likeness (QED) is 0.805. The predicted octanol–water partition coefficient (Wildman–Crippen LogP) is 4.33. The van der Waals surface area contributed by atoms with Gasteiger partial charge in [0, 0.05) is 5.02 Å². The third-order valence-corrected chi connectivity index (χ3v) is 3.01. The van der Waals surface area contributed by atoms with E-state index in [2.05, 4.69) is 6.07 Å². The Kier molecular flexibility index (Phi) is 3.96. The van der Waals surface area contributed by atoms with Crippen LogP contribution >= 0.6 is 11.6 Å². The monoisotopic (exact) mass is 259 g/mol. The fourth-order valence-electron chi connectivity index (χ4n) is 1.82. The van der Waals surface area contributed by atoms with E-state index >= 15 is 0 Å². The van der Waals surface area contributed by atoms with Gasteiger partial charge >= 0.3 is 0 Å². The van der Waals surface area contributed by atoms with Gasteiger partial charge in [-0.3, -0.25) is 0 Å². The zero-order valence-corrected chi connectivity index (χ0v) is 10.4. The summed E-state index contributed by atoms with van der Waals surface area (Å²) in [7, 11) is 0. The summed E-state index contributed by atoms with van der Waals surface area (Å²) >= 11 is 5.81. The molecule has 0 aromatic heterocycles. The molecule has 90 valence electrons. The van der Waals surface area contributed by atoms with Gasteiger partial charge in [-0.15, -0.1) is 0 Å². The summed E-state index contributed by atoms with van der Waals surface area (Å²) in [6.45, 7) is 0. The molecule has 0 fully saturated rings. The van der Waals surface area contributed by atoms with Gasteiger partial charge in [0.25, 0.3) is 0 Å². The first-order valence-electron chi connectivity index (χ1n) is 5.58. The molecule has 0 aliphatic rings. The maximum absolute atomic E-state index is 13.1. The van der Waals surface area contributed by atoms with Crippen LogP contribution in [0.1, 0.15) is 17.0 Å². The van der Waals surface area contributed by atoms with Crippen LogP contribution in [0.3, 0.4) is 0 Å². The molecule has 1 nitrogen and oxygen atoms in total. The van der Waals surface area contributed by atoms with Gasteiger partial charge in [-0.25, -0.2) is 4.39 Å². The highest BCUT2D eigenvalue weighted by atomic mass is 35.5. The number of benzene rings is 2. The van der Waals surface area contributed by atoms with Crippen molar-refractivity contribution in [2.45, 2.75) is 12.3 Å². The van der Waals surface area contributed by atoms with Gasteiger partial charge in [-0.05, 0) is 41.8 Å². The van der Waals surface area contributed by atoms with Crippen molar-refractivity contribution >= 4 is 11.6 Å². The standard InChI is InChI=1S/C15H11ClFN/c16-14-6-4-11(5-7-14)8-13(10-18)12-2-1-3-15(17)9-12/h1-7,9,13H,8H2. The molecule has 0 saturated heterocycles. The highest BCUT2D eigenvalue weighted by Crippen LogP contribution is 2.22. The summed E-state index contributed by atoms with van der Waals surface area (Å²) in [4.78, 5) is 0. The lowest BCUT2D eigenvalue weighted by molar-refractivity contribution is 0.623. The third kappa shape index (κ3) is 3.09. The Hall–Kier alpha value is -1.85. The van der Waals surface area contributed by atoms with E-state index in [1.807, 2.05) is 12.1 Å². The van der Waals surface area contributed by atoms with Crippen LogP contribution in [-0.2, 0) is 6.42 Å². The SMILES string of the molecule is N#CC(Cc1ccc(Cl)cc1)c1cccc(F)c1. The molecule has 0 spiro atoms. The van der Waals surface area contributed by atoms with E-state index in [9.17, 15) is 9.65 Å². The Morgan fingerprint density at radius 1 is 1.17 bits per heavy atom. The molecule has 2 aromatic rings. The van der Waals surface area contributed by atoms with Crippen molar-refractivity contribution in [1.29, 1.82) is 5.26 Å². The number of hydrogen-bond acceptors (Lipinski definition) is 1. The second kappa shape index (κ2) is 5.66. The highest BCUT2D eigenvalue weighted by molar-refractivity contribution is 6.30. The lowest BCUT2D eigenvalue weighted by Gasteiger charge is -2.09. The average molecular weight is 260 g/mol. The van der Waals surface area contributed by atoms with Crippen LogP contribution in [0.4, 0.5) is 4.39 Å². The molecular formula is C15H11ClFN. The van der Waals surface area contributed by atoms with Crippen molar-refractivity contribution in [2.75, 3.05) is 0 Å². The number of halogens is 2. The number of nitrogens with zero attached hydrogens (tertiary/aromatic N) is 1. The molecule has 2 aromatic carbocycles. The van der Waals surface area contributed by atoms with E-state index in [0.29, 0.717) is 17.0 Å². The van der Waals surface area contributed by atoms with Gasteiger partial charge in [0.2, 0.25) is 0 Å². The topological polar surface area (TPSA) is 23.8 Å². The molecule has 0 heterocycles. The lowest BCUT2D eigenvalue weighted by atomic mass is 9.93. The molecule has 3 heteroatoms. The van der Waals surface area contributed by atoms with Crippen LogP contribution in [0.25, 0.3) is 0 Å². The van der Waals surface area contributed by atoms with Crippen molar-refractivity contribution in [1.82, 2.24) is 0 Å². The third-order valence-electron chi connectivity index (χ3n) is 2.76. The predicted molar refractivity (Wildman–Crippen MR) is 69.9 cm³/mol. The molecule has 1 unspecified atom stereocenters. The van der Waals surface area contributed by atoms with E-state index in [1.54, 1.807) is 24.3 Å². The fourth-order valence-corrected chi connectivity index (χ4v) is 1.94. The first kappa shape index (κ1) is 12.6. The van der Waals surface area contributed by atoms with Gasteiger partial charge in [0.15, 0.2) is 0 Å². The van der Waals surface area contributed by atoms with Gasteiger partial charge < -0.3 is 0 Å². The number of nitriles is 1. The van der Waals surface area contributed by atoms with Gasteiger partial charge in [0.05, 0.1) is 12.0 Å². The zero-order chi connectivity index (χ0) is 13.0. The van der Waals surface area contributed by atoms with Crippen molar-refractivity contribution in [3.8, 4) is 6.07 Å². The van der Waals surface area contributed by atoms with Crippen LogP contribution < -0.4 is 0 Å². The van der Waals surface area contributed by atoms with Gasteiger partial charge in [-0.1, -0.05) is 35.9 Å². The van der Waals surface area contributed by atoms with Crippen LogP contribution in [0.2, 0.25) is 5.02 Å².